The van der Waals surface area contributed by atoms with Crippen molar-refractivity contribution in [1.82, 2.24) is 20.1 Å². The molecule has 0 atom stereocenters. The van der Waals surface area contributed by atoms with E-state index < -0.39 is 17.1 Å². The molecule has 2 N–H and O–H groups in total. The maximum absolute atomic E-state index is 12.7. The summed E-state index contributed by atoms with van der Waals surface area (Å²) in [7, 11) is 0. The second kappa shape index (κ2) is 11.6. The molecule has 7 nitrogen and oxygen atoms in total. The van der Waals surface area contributed by atoms with Crippen LogP contribution in [0.3, 0.4) is 0 Å². The number of amides is 1. The average molecular weight is 479 g/mol. The van der Waals surface area contributed by atoms with Gasteiger partial charge in [-0.05, 0) is 80.9 Å². The zero-order valence-corrected chi connectivity index (χ0v) is 20.9. The highest BCUT2D eigenvalue weighted by molar-refractivity contribution is 5.92. The van der Waals surface area contributed by atoms with Crippen molar-refractivity contribution in [3.05, 3.63) is 57.3 Å². The van der Waals surface area contributed by atoms with Crippen molar-refractivity contribution < 1.29 is 9.90 Å². The first kappa shape index (κ1) is 25.1. The summed E-state index contributed by atoms with van der Waals surface area (Å²) < 4.78 is 1.62. The van der Waals surface area contributed by atoms with Crippen LogP contribution in [-0.4, -0.2) is 32.3 Å². The third-order valence-electron chi connectivity index (χ3n) is 7.62. The Hall–Kier alpha value is -2.96. The monoisotopic (exact) mass is 478 g/mol. The van der Waals surface area contributed by atoms with Crippen LogP contribution in [0.1, 0.15) is 97.9 Å². The first-order valence-electron chi connectivity index (χ1n) is 13.2. The van der Waals surface area contributed by atoms with Gasteiger partial charge in [0.15, 0.2) is 11.4 Å². The largest absolute Gasteiger partial charge is 0.503 e. The standard InChI is InChI=1S/C28H38N4O3/c1-21-23-12-6-4-7-14-28(15-8-9-16-28)20-32-19-24(33)26(34)25(31-32)27(35)30-17-10-3-2-5-11-22(23)13-18-29-21/h6,12-13,18-19,33H,2-5,7-11,14-17,20H2,1H3,(H,30,35)/b12-6-. The lowest BCUT2D eigenvalue weighted by atomic mass is 9.81. The molecule has 2 aliphatic rings. The van der Waals surface area contributed by atoms with Gasteiger partial charge < -0.3 is 10.4 Å². The number of aromatic hydroxyl groups is 1. The Morgan fingerprint density at radius 2 is 1.80 bits per heavy atom. The first-order chi connectivity index (χ1) is 17.0. The number of rotatable bonds is 0. The lowest BCUT2D eigenvalue weighted by Gasteiger charge is -2.29. The molecule has 0 saturated heterocycles. The number of pyridine rings is 1. The van der Waals surface area contributed by atoms with Gasteiger partial charge in [0.05, 0.1) is 6.20 Å². The lowest BCUT2D eigenvalue weighted by molar-refractivity contribution is 0.0941. The number of aryl methyl sites for hydroxylation is 2. The molecule has 4 rings (SSSR count). The Balaban J connectivity index is 1.57. The maximum atomic E-state index is 12.7. The predicted octanol–water partition coefficient (Wildman–Crippen LogP) is 4.94. The van der Waals surface area contributed by atoms with E-state index in [-0.39, 0.29) is 11.1 Å². The highest BCUT2D eigenvalue weighted by atomic mass is 16.3. The van der Waals surface area contributed by atoms with Crippen molar-refractivity contribution >= 4 is 12.0 Å². The maximum Gasteiger partial charge on any atom is 0.275 e. The molecular formula is C28H38N4O3. The highest BCUT2D eigenvalue weighted by Gasteiger charge is 2.34. The zero-order chi connectivity index (χ0) is 24.7. The number of carbonyl (C=O) groups excluding carboxylic acids is 1. The summed E-state index contributed by atoms with van der Waals surface area (Å²) >= 11 is 0. The summed E-state index contributed by atoms with van der Waals surface area (Å²) in [5, 5.41) is 17.4. The van der Waals surface area contributed by atoms with E-state index in [0.29, 0.717) is 13.1 Å². The number of carbonyl (C=O) groups is 1. The smallest absolute Gasteiger partial charge is 0.275 e. The van der Waals surface area contributed by atoms with Crippen LogP contribution in [0.15, 0.2) is 29.3 Å². The number of hydrogen-bond donors (Lipinski definition) is 2. The molecule has 2 aromatic rings. The molecule has 1 aliphatic heterocycles. The van der Waals surface area contributed by atoms with E-state index in [4.69, 9.17) is 0 Å². The van der Waals surface area contributed by atoms with E-state index in [9.17, 15) is 14.7 Å². The average Bonchev–Trinajstić information content (AvgIpc) is 3.29. The molecule has 1 saturated carbocycles. The van der Waals surface area contributed by atoms with Crippen LogP contribution in [0.2, 0.25) is 0 Å². The number of hydrogen-bond acceptors (Lipinski definition) is 5. The van der Waals surface area contributed by atoms with Crippen molar-refractivity contribution in [3.63, 3.8) is 0 Å². The van der Waals surface area contributed by atoms with Gasteiger partial charge in [-0.3, -0.25) is 19.3 Å². The van der Waals surface area contributed by atoms with Gasteiger partial charge in [-0.15, -0.1) is 0 Å². The zero-order valence-electron chi connectivity index (χ0n) is 20.9. The summed E-state index contributed by atoms with van der Waals surface area (Å²) in [6.45, 7) is 3.18. The normalized spacial score (nSPS) is 20.7. The van der Waals surface area contributed by atoms with Crippen molar-refractivity contribution in [2.24, 2.45) is 5.41 Å². The fourth-order valence-corrected chi connectivity index (χ4v) is 5.66. The molecular weight excluding hydrogens is 440 g/mol. The molecule has 1 fully saturated rings. The van der Waals surface area contributed by atoms with Gasteiger partial charge in [0.1, 0.15) is 0 Å². The van der Waals surface area contributed by atoms with E-state index in [1.165, 1.54) is 30.2 Å². The molecule has 188 valence electrons. The van der Waals surface area contributed by atoms with E-state index in [1.54, 1.807) is 4.68 Å². The van der Waals surface area contributed by atoms with Crippen LogP contribution in [-0.2, 0) is 13.0 Å². The Morgan fingerprint density at radius 3 is 2.63 bits per heavy atom. The topological polar surface area (TPSA) is 97.1 Å². The minimum absolute atomic E-state index is 0.0757. The summed E-state index contributed by atoms with van der Waals surface area (Å²) in [5.74, 6) is -0.914. The van der Waals surface area contributed by atoms with E-state index in [0.717, 1.165) is 69.9 Å². The van der Waals surface area contributed by atoms with Crippen LogP contribution in [0, 0.1) is 12.3 Å². The van der Waals surface area contributed by atoms with Crippen LogP contribution < -0.4 is 10.7 Å². The lowest BCUT2D eigenvalue weighted by Crippen LogP contribution is -2.34. The molecule has 0 radical (unpaired) electrons. The third kappa shape index (κ3) is 6.38. The van der Waals surface area contributed by atoms with Crippen molar-refractivity contribution in [2.75, 3.05) is 6.54 Å². The molecule has 0 unspecified atom stereocenters. The summed E-state index contributed by atoms with van der Waals surface area (Å²) in [5.41, 5.74) is 2.85. The number of allylic oxidation sites excluding steroid dienone is 1. The second-order valence-corrected chi connectivity index (χ2v) is 10.3. The van der Waals surface area contributed by atoms with Crippen LogP contribution in [0.5, 0.6) is 5.75 Å². The van der Waals surface area contributed by atoms with E-state index >= 15 is 0 Å². The Bertz CT molecular complexity index is 1120. The number of aromatic nitrogens is 3. The second-order valence-electron chi connectivity index (χ2n) is 10.3. The van der Waals surface area contributed by atoms with Crippen LogP contribution in [0.4, 0.5) is 0 Å². The van der Waals surface area contributed by atoms with Gasteiger partial charge in [-0.1, -0.05) is 37.8 Å². The Labute approximate surface area is 207 Å². The Morgan fingerprint density at radius 1 is 1.03 bits per heavy atom. The first-order valence-corrected chi connectivity index (χ1v) is 13.2. The SMILES string of the molecule is Cc1nccc2c1/C=C\CCCC1(CCCC1)Cn1cc(O)c(=O)c(n1)C(=O)NCCCCCC2. The molecule has 1 spiro atoms. The van der Waals surface area contributed by atoms with Gasteiger partial charge in [-0.2, -0.15) is 5.10 Å². The molecule has 1 aliphatic carbocycles. The van der Waals surface area contributed by atoms with Gasteiger partial charge in [0, 0.05) is 25.0 Å². The molecule has 35 heavy (non-hydrogen) atoms. The third-order valence-corrected chi connectivity index (χ3v) is 7.62. The quantitative estimate of drug-likeness (QED) is 0.559. The molecule has 2 bridgehead atoms. The summed E-state index contributed by atoms with van der Waals surface area (Å²) in [6.07, 6.45) is 20.5. The van der Waals surface area contributed by atoms with Crippen molar-refractivity contribution in [1.29, 1.82) is 0 Å². The molecule has 7 heteroatoms. The van der Waals surface area contributed by atoms with Gasteiger partial charge in [0.2, 0.25) is 0 Å². The van der Waals surface area contributed by atoms with Crippen LogP contribution >= 0.6 is 0 Å². The van der Waals surface area contributed by atoms with Crippen LogP contribution in [0.25, 0.3) is 6.08 Å². The molecule has 1 amide bonds. The molecule has 2 aromatic heterocycles. The fraction of sp³-hybridized carbons (Fsp3) is 0.571. The van der Waals surface area contributed by atoms with Crippen molar-refractivity contribution in [2.45, 2.75) is 90.5 Å². The number of fused-ring (bicyclic) bond motifs is 3. The number of nitrogens with zero attached hydrogens (tertiary/aromatic N) is 3. The fourth-order valence-electron chi connectivity index (χ4n) is 5.66. The minimum atomic E-state index is -0.699. The van der Waals surface area contributed by atoms with Gasteiger partial charge in [0.25, 0.3) is 11.3 Å². The summed E-state index contributed by atoms with van der Waals surface area (Å²) in [4.78, 5) is 29.6. The highest BCUT2D eigenvalue weighted by Crippen LogP contribution is 2.43. The van der Waals surface area contributed by atoms with Gasteiger partial charge >= 0.3 is 0 Å². The van der Waals surface area contributed by atoms with Gasteiger partial charge in [-0.25, -0.2) is 0 Å². The predicted molar refractivity (Wildman–Crippen MR) is 137 cm³/mol. The molecule has 3 heterocycles. The summed E-state index contributed by atoms with van der Waals surface area (Å²) in [6, 6.07) is 2.14. The molecule has 0 aromatic carbocycles. The van der Waals surface area contributed by atoms with E-state index in [1.807, 2.05) is 6.20 Å². The van der Waals surface area contributed by atoms with E-state index in [2.05, 4.69) is 40.5 Å². The number of nitrogens with one attached hydrogen (secondary N) is 1. The van der Waals surface area contributed by atoms with Crippen molar-refractivity contribution in [3.8, 4) is 5.75 Å². The Kier molecular flexibility index (Phi) is 8.37. The minimum Gasteiger partial charge on any atom is -0.503 e.